The van der Waals surface area contributed by atoms with Gasteiger partial charge in [-0.2, -0.15) is 0 Å². The highest BCUT2D eigenvalue weighted by Gasteiger charge is 2.20. The molecule has 0 radical (unpaired) electrons. The first-order valence-electron chi connectivity index (χ1n) is 12.9. The molecule has 0 aliphatic carbocycles. The second kappa shape index (κ2) is 14.6. The van der Waals surface area contributed by atoms with Gasteiger partial charge in [0.25, 0.3) is 5.91 Å². The molecule has 3 aromatic rings. The second-order valence-electron chi connectivity index (χ2n) is 9.18. The summed E-state index contributed by atoms with van der Waals surface area (Å²) in [5, 5.41) is 27.0. The molecule has 42 heavy (non-hydrogen) atoms. The third-order valence-corrected chi connectivity index (χ3v) is 5.70. The van der Waals surface area contributed by atoms with Gasteiger partial charge >= 0.3 is 5.97 Å². The molecule has 0 saturated carbocycles. The van der Waals surface area contributed by atoms with Gasteiger partial charge in [0, 0.05) is 29.4 Å². The predicted molar refractivity (Wildman–Crippen MR) is 151 cm³/mol. The fraction of sp³-hybridized carbons (Fsp3) is 0.276. The number of carbonyl (C=O) groups excluding carboxylic acids is 2. The van der Waals surface area contributed by atoms with E-state index in [9.17, 15) is 23.5 Å². The Morgan fingerprint density at radius 1 is 1.07 bits per heavy atom. The number of carbonyl (C=O) groups is 2. The fourth-order valence-electron chi connectivity index (χ4n) is 3.84. The molecule has 0 fully saturated rings. The minimum Gasteiger partial charge on any atom is -0.487 e. The Bertz CT molecular complexity index is 1450. The quantitative estimate of drug-likeness (QED) is 0.0651. The first kappa shape index (κ1) is 31.6. The number of rotatable bonds is 13. The van der Waals surface area contributed by atoms with E-state index in [1.165, 1.54) is 24.3 Å². The molecule has 0 bridgehead atoms. The lowest BCUT2D eigenvalue weighted by molar-refractivity contribution is -0.145. The van der Waals surface area contributed by atoms with Crippen molar-refractivity contribution in [3.8, 4) is 11.5 Å². The van der Waals surface area contributed by atoms with Gasteiger partial charge in [0.2, 0.25) is 0 Å². The van der Waals surface area contributed by atoms with E-state index in [4.69, 9.17) is 25.2 Å². The van der Waals surface area contributed by atoms with Crippen LogP contribution in [0.4, 0.5) is 20.2 Å². The smallest absolute Gasteiger partial charge is 0.344 e. The van der Waals surface area contributed by atoms with Gasteiger partial charge in [-0.3, -0.25) is 4.79 Å². The maximum atomic E-state index is 14.3. The topological polar surface area (TPSA) is 165 Å². The van der Waals surface area contributed by atoms with Crippen LogP contribution in [0.2, 0.25) is 0 Å². The van der Waals surface area contributed by atoms with Crippen molar-refractivity contribution in [2.45, 2.75) is 40.0 Å². The number of amides is 1. The van der Waals surface area contributed by atoms with Gasteiger partial charge in [0.05, 0.1) is 30.6 Å². The van der Waals surface area contributed by atoms with E-state index < -0.39 is 30.1 Å². The number of halogens is 2. The number of benzene rings is 3. The largest absolute Gasteiger partial charge is 0.487 e. The van der Waals surface area contributed by atoms with Crippen LogP contribution < -0.4 is 25.8 Å². The third-order valence-electron chi connectivity index (χ3n) is 5.70. The molecule has 0 aromatic heterocycles. The number of oxime groups is 1. The zero-order chi connectivity index (χ0) is 30.8. The van der Waals surface area contributed by atoms with E-state index in [1.807, 2.05) is 0 Å². The van der Waals surface area contributed by atoms with Crippen molar-refractivity contribution in [1.82, 2.24) is 0 Å². The van der Waals surface area contributed by atoms with Crippen LogP contribution in [0, 0.1) is 11.6 Å². The SMILES string of the molecule is CCOC(=O)COc1c(CNc2cc(F)c(F)cc2C(=O)Nc2ccc(/C(N)=N/O)cc2)cc(CO)cc1OC(C)C. The molecule has 0 atom stereocenters. The summed E-state index contributed by atoms with van der Waals surface area (Å²) in [7, 11) is 0. The van der Waals surface area contributed by atoms with Gasteiger partial charge < -0.3 is 40.9 Å². The zero-order valence-corrected chi connectivity index (χ0v) is 23.2. The summed E-state index contributed by atoms with van der Waals surface area (Å²) in [6, 6.07) is 10.7. The first-order valence-corrected chi connectivity index (χ1v) is 12.9. The number of esters is 1. The summed E-state index contributed by atoms with van der Waals surface area (Å²) >= 11 is 0. The summed E-state index contributed by atoms with van der Waals surface area (Å²) in [6.45, 7) is 4.52. The summed E-state index contributed by atoms with van der Waals surface area (Å²) in [5.74, 6) is -3.50. The van der Waals surface area contributed by atoms with E-state index in [-0.39, 0.29) is 54.4 Å². The summed E-state index contributed by atoms with van der Waals surface area (Å²) in [5.41, 5.74) is 6.87. The maximum Gasteiger partial charge on any atom is 0.344 e. The highest BCUT2D eigenvalue weighted by Crippen LogP contribution is 2.35. The minimum absolute atomic E-state index is 0.0447. The summed E-state index contributed by atoms with van der Waals surface area (Å²) in [4.78, 5) is 25.1. The van der Waals surface area contributed by atoms with Crippen molar-refractivity contribution >= 4 is 29.1 Å². The number of aliphatic hydroxyl groups is 1. The monoisotopic (exact) mass is 586 g/mol. The van der Waals surface area contributed by atoms with Crippen LogP contribution in [0.3, 0.4) is 0 Å². The number of hydrogen-bond donors (Lipinski definition) is 5. The number of anilines is 2. The van der Waals surface area contributed by atoms with Crippen molar-refractivity contribution < 1.29 is 42.9 Å². The average molecular weight is 587 g/mol. The molecule has 224 valence electrons. The molecule has 6 N–H and O–H groups in total. The molecule has 0 heterocycles. The molecular weight excluding hydrogens is 554 g/mol. The van der Waals surface area contributed by atoms with Crippen molar-refractivity contribution in [1.29, 1.82) is 0 Å². The molecule has 13 heteroatoms. The number of nitrogens with zero attached hydrogens (tertiary/aromatic N) is 1. The average Bonchev–Trinajstić information content (AvgIpc) is 2.96. The van der Waals surface area contributed by atoms with Crippen LogP contribution in [0.15, 0.2) is 53.7 Å². The Balaban J connectivity index is 1.93. The first-order chi connectivity index (χ1) is 20.1. The zero-order valence-electron chi connectivity index (χ0n) is 23.2. The highest BCUT2D eigenvalue weighted by atomic mass is 19.2. The normalized spacial score (nSPS) is 11.3. The van der Waals surface area contributed by atoms with Crippen LogP contribution in [0.1, 0.15) is 47.8 Å². The highest BCUT2D eigenvalue weighted by molar-refractivity contribution is 6.08. The molecule has 0 aliphatic rings. The fourth-order valence-corrected chi connectivity index (χ4v) is 3.84. The molecule has 0 spiro atoms. The van der Waals surface area contributed by atoms with Crippen molar-refractivity contribution in [3.05, 3.63) is 82.4 Å². The van der Waals surface area contributed by atoms with Gasteiger partial charge in [0.1, 0.15) is 0 Å². The van der Waals surface area contributed by atoms with E-state index >= 15 is 0 Å². The number of nitrogens with two attached hydrogens (primary N) is 1. The van der Waals surface area contributed by atoms with E-state index in [2.05, 4.69) is 15.8 Å². The Morgan fingerprint density at radius 2 is 1.76 bits per heavy atom. The van der Waals surface area contributed by atoms with Crippen LogP contribution in [-0.4, -0.2) is 47.3 Å². The van der Waals surface area contributed by atoms with Gasteiger partial charge in [-0.05, 0) is 68.8 Å². The summed E-state index contributed by atoms with van der Waals surface area (Å²) in [6.07, 6.45) is -0.285. The minimum atomic E-state index is -1.23. The Labute approximate surface area is 240 Å². The number of ether oxygens (including phenoxy) is 3. The molecular formula is C29H32F2N4O7. The van der Waals surface area contributed by atoms with Gasteiger partial charge in [0.15, 0.2) is 35.6 Å². The van der Waals surface area contributed by atoms with Gasteiger partial charge in [-0.25, -0.2) is 13.6 Å². The molecule has 3 rings (SSSR count). The molecule has 0 unspecified atom stereocenters. The van der Waals surface area contributed by atoms with Crippen LogP contribution in [0.25, 0.3) is 0 Å². The number of aliphatic hydroxyl groups excluding tert-OH is 1. The van der Waals surface area contributed by atoms with E-state index in [0.29, 0.717) is 22.4 Å². The molecule has 0 saturated heterocycles. The van der Waals surface area contributed by atoms with Crippen LogP contribution in [-0.2, 0) is 22.7 Å². The molecule has 0 aliphatic heterocycles. The Hall–Kier alpha value is -4.91. The Morgan fingerprint density at radius 3 is 2.38 bits per heavy atom. The van der Waals surface area contributed by atoms with Crippen molar-refractivity contribution in [2.75, 3.05) is 23.8 Å². The van der Waals surface area contributed by atoms with Gasteiger partial charge in [-0.1, -0.05) is 5.16 Å². The van der Waals surface area contributed by atoms with Crippen molar-refractivity contribution in [2.24, 2.45) is 10.9 Å². The maximum absolute atomic E-state index is 14.3. The van der Waals surface area contributed by atoms with Gasteiger partial charge in [-0.15, -0.1) is 0 Å². The second-order valence-corrected chi connectivity index (χ2v) is 9.18. The Kier molecular flexibility index (Phi) is 11.0. The molecule has 3 aromatic carbocycles. The van der Waals surface area contributed by atoms with Crippen molar-refractivity contribution in [3.63, 3.8) is 0 Å². The lowest BCUT2D eigenvalue weighted by Crippen LogP contribution is -2.18. The number of hydrogen-bond acceptors (Lipinski definition) is 9. The van der Waals surface area contributed by atoms with Crippen LogP contribution >= 0.6 is 0 Å². The number of amidine groups is 1. The summed E-state index contributed by atoms with van der Waals surface area (Å²) < 4.78 is 45.1. The number of nitrogens with one attached hydrogen (secondary N) is 2. The van der Waals surface area contributed by atoms with E-state index in [1.54, 1.807) is 32.9 Å². The van der Waals surface area contributed by atoms with E-state index in [0.717, 1.165) is 12.1 Å². The van der Waals surface area contributed by atoms with Crippen LogP contribution in [0.5, 0.6) is 11.5 Å². The lowest BCUT2D eigenvalue weighted by Gasteiger charge is -2.20. The standard InChI is InChI=1S/C29H32F2N4O7/c1-4-40-26(37)15-41-27-19(9-17(14-36)10-25(27)42-16(2)3)13-33-24-12-23(31)22(30)11-21(24)29(38)34-20-7-5-18(6-8-20)28(32)35-39/h5-12,16,33,36,39H,4,13-15H2,1-3H3,(H2,32,35)(H,34,38). The lowest BCUT2D eigenvalue weighted by atomic mass is 10.1. The third kappa shape index (κ3) is 8.30. The molecule has 11 nitrogen and oxygen atoms in total. The predicted octanol–water partition coefficient (Wildman–Crippen LogP) is 4.15. The molecule has 1 amide bonds.